The zero-order valence-corrected chi connectivity index (χ0v) is 21.8. The minimum Gasteiger partial charge on any atom is -0.457 e. The monoisotopic (exact) mass is 524 g/mol. The van der Waals surface area contributed by atoms with Crippen molar-refractivity contribution in [2.24, 2.45) is 0 Å². The molecule has 1 saturated heterocycles. The van der Waals surface area contributed by atoms with E-state index in [1.807, 2.05) is 48.5 Å². The van der Waals surface area contributed by atoms with E-state index in [0.717, 1.165) is 66.7 Å². The fraction of sp³-hybridized carbons (Fsp3) is 0.286. The quantitative estimate of drug-likeness (QED) is 0.188. The Balaban J connectivity index is 1.10. The summed E-state index contributed by atoms with van der Waals surface area (Å²) in [5, 5.41) is 1.96. The predicted octanol–water partition coefficient (Wildman–Crippen LogP) is 6.73. The Labute approximate surface area is 220 Å². The zero-order chi connectivity index (χ0) is 24.9. The molecule has 0 saturated carbocycles. The Morgan fingerprint density at radius 3 is 2.61 bits per heavy atom. The van der Waals surface area contributed by atoms with Crippen LogP contribution in [0.3, 0.4) is 0 Å². The van der Waals surface area contributed by atoms with Crippen molar-refractivity contribution >= 4 is 40.1 Å². The minimum absolute atomic E-state index is 0.284. The van der Waals surface area contributed by atoms with E-state index in [1.165, 1.54) is 17.0 Å². The molecule has 188 valence electrons. The standard InChI is InChI=1S/C28H30ClFN4OS/c1-33-11-13-34(14-12-33)23-16-22(30)17-25(18-23)35-24-5-7-26(8-6-24)36-32-10-2-3-20-19-31-28-9-4-21(29)15-27(20)28/h4-9,15-19,31-32H,2-3,10-14H2,1H3. The number of nitrogens with one attached hydrogen (secondary N) is 2. The summed E-state index contributed by atoms with van der Waals surface area (Å²) in [5.41, 5.74) is 3.27. The first-order valence-electron chi connectivity index (χ1n) is 12.2. The van der Waals surface area contributed by atoms with E-state index >= 15 is 0 Å². The molecule has 36 heavy (non-hydrogen) atoms. The van der Waals surface area contributed by atoms with Crippen molar-refractivity contribution in [3.8, 4) is 11.5 Å². The lowest BCUT2D eigenvalue weighted by Gasteiger charge is -2.34. The number of likely N-dealkylation sites (N-methyl/N-ethyl adjacent to an activating group) is 1. The van der Waals surface area contributed by atoms with Crippen molar-refractivity contribution in [3.63, 3.8) is 0 Å². The lowest BCUT2D eigenvalue weighted by molar-refractivity contribution is 0.312. The van der Waals surface area contributed by atoms with E-state index in [0.29, 0.717) is 11.5 Å². The van der Waals surface area contributed by atoms with Gasteiger partial charge in [-0.15, -0.1) is 0 Å². The van der Waals surface area contributed by atoms with E-state index in [4.69, 9.17) is 16.3 Å². The van der Waals surface area contributed by atoms with Gasteiger partial charge in [0.05, 0.1) is 0 Å². The number of halogens is 2. The second-order valence-electron chi connectivity index (χ2n) is 9.11. The molecule has 1 aliphatic rings. The number of ether oxygens (including phenoxy) is 1. The third-order valence-corrected chi connectivity index (χ3v) is 7.52. The number of rotatable bonds is 9. The number of hydrogen-bond acceptors (Lipinski definition) is 5. The molecular weight excluding hydrogens is 495 g/mol. The highest BCUT2D eigenvalue weighted by atomic mass is 35.5. The SMILES string of the molecule is CN1CCN(c2cc(F)cc(Oc3ccc(SNCCCc4c[nH]c5ccc(Cl)cc45)cc3)c2)CC1. The van der Waals surface area contributed by atoms with Crippen molar-refractivity contribution in [2.75, 3.05) is 44.7 Å². The van der Waals surface area contributed by atoms with Crippen LogP contribution >= 0.6 is 23.5 Å². The molecule has 0 spiro atoms. The van der Waals surface area contributed by atoms with Crippen molar-refractivity contribution in [3.05, 3.63) is 83.3 Å². The number of nitrogens with zero attached hydrogens (tertiary/aromatic N) is 2. The van der Waals surface area contributed by atoms with Crippen molar-refractivity contribution in [1.29, 1.82) is 0 Å². The van der Waals surface area contributed by atoms with Gasteiger partial charge in [-0.1, -0.05) is 11.6 Å². The van der Waals surface area contributed by atoms with Gasteiger partial charge in [0.1, 0.15) is 17.3 Å². The van der Waals surface area contributed by atoms with E-state index in [9.17, 15) is 4.39 Å². The highest BCUT2D eigenvalue weighted by Gasteiger charge is 2.16. The van der Waals surface area contributed by atoms with E-state index < -0.39 is 0 Å². The number of hydrogen-bond donors (Lipinski definition) is 2. The smallest absolute Gasteiger partial charge is 0.132 e. The van der Waals surface area contributed by atoms with Crippen LogP contribution in [0.1, 0.15) is 12.0 Å². The van der Waals surface area contributed by atoms with Gasteiger partial charge in [-0.25, -0.2) is 4.39 Å². The zero-order valence-electron chi connectivity index (χ0n) is 20.3. The van der Waals surface area contributed by atoms with Gasteiger partial charge in [0.25, 0.3) is 0 Å². The van der Waals surface area contributed by atoms with Crippen LogP contribution in [-0.4, -0.2) is 49.7 Å². The van der Waals surface area contributed by atoms with Crippen molar-refractivity contribution in [1.82, 2.24) is 14.6 Å². The molecule has 1 fully saturated rings. The third kappa shape index (κ3) is 6.34. The van der Waals surface area contributed by atoms with Crippen LogP contribution in [0.4, 0.5) is 10.1 Å². The molecule has 0 radical (unpaired) electrons. The average Bonchev–Trinajstić information content (AvgIpc) is 3.27. The molecule has 0 unspecified atom stereocenters. The van der Waals surface area contributed by atoms with E-state index in [-0.39, 0.29) is 5.82 Å². The summed E-state index contributed by atoms with van der Waals surface area (Å²) >= 11 is 7.74. The van der Waals surface area contributed by atoms with Crippen LogP contribution in [0, 0.1) is 5.82 Å². The molecule has 1 aliphatic heterocycles. The Kier molecular flexibility index (Phi) is 8.02. The first-order valence-corrected chi connectivity index (χ1v) is 13.4. The van der Waals surface area contributed by atoms with Crippen molar-refractivity contribution in [2.45, 2.75) is 17.7 Å². The molecule has 1 aromatic heterocycles. The normalized spacial score (nSPS) is 14.5. The maximum atomic E-state index is 14.3. The first kappa shape index (κ1) is 25.0. The van der Waals surface area contributed by atoms with Gasteiger partial charge in [0.2, 0.25) is 0 Å². The minimum atomic E-state index is -0.284. The lowest BCUT2D eigenvalue weighted by Crippen LogP contribution is -2.44. The Morgan fingerprint density at radius 1 is 1.00 bits per heavy atom. The third-order valence-electron chi connectivity index (χ3n) is 6.43. The van der Waals surface area contributed by atoms with Crippen LogP contribution in [-0.2, 0) is 6.42 Å². The van der Waals surface area contributed by atoms with E-state index in [2.05, 4.69) is 32.8 Å². The Hall–Kier alpha value is -2.71. The number of benzene rings is 3. The fourth-order valence-electron chi connectivity index (χ4n) is 4.41. The molecular formula is C28H30ClFN4OS. The predicted molar refractivity (Wildman–Crippen MR) is 148 cm³/mol. The molecule has 0 atom stereocenters. The average molecular weight is 525 g/mol. The van der Waals surface area contributed by atoms with Gasteiger partial charge in [0.15, 0.2) is 0 Å². The van der Waals surface area contributed by atoms with Gasteiger partial charge in [-0.2, -0.15) is 0 Å². The second-order valence-corrected chi connectivity index (χ2v) is 10.5. The highest BCUT2D eigenvalue weighted by Crippen LogP contribution is 2.29. The Morgan fingerprint density at radius 2 is 1.81 bits per heavy atom. The number of piperazine rings is 1. The Bertz CT molecular complexity index is 1300. The number of aromatic amines is 1. The number of aromatic nitrogens is 1. The molecule has 2 heterocycles. The summed E-state index contributed by atoms with van der Waals surface area (Å²) in [7, 11) is 2.11. The van der Waals surface area contributed by atoms with E-state index in [1.54, 1.807) is 18.0 Å². The molecule has 5 rings (SSSR count). The first-order chi connectivity index (χ1) is 17.5. The summed E-state index contributed by atoms with van der Waals surface area (Å²) in [4.78, 5) is 8.89. The molecule has 0 aliphatic carbocycles. The molecule has 2 N–H and O–H groups in total. The van der Waals surface area contributed by atoms with Gasteiger partial charge < -0.3 is 19.5 Å². The summed E-state index contributed by atoms with van der Waals surface area (Å²) < 4.78 is 23.7. The van der Waals surface area contributed by atoms with Crippen LogP contribution < -0.4 is 14.4 Å². The maximum absolute atomic E-state index is 14.3. The van der Waals surface area contributed by atoms with Gasteiger partial charge >= 0.3 is 0 Å². The summed E-state index contributed by atoms with van der Waals surface area (Å²) in [6.45, 7) is 4.59. The van der Waals surface area contributed by atoms with Crippen LogP contribution in [0.5, 0.6) is 11.5 Å². The molecule has 0 amide bonds. The number of fused-ring (bicyclic) bond motifs is 1. The maximum Gasteiger partial charge on any atom is 0.132 e. The molecule has 5 nitrogen and oxygen atoms in total. The number of H-pyrrole nitrogens is 1. The number of aryl methyl sites for hydroxylation is 1. The van der Waals surface area contributed by atoms with Gasteiger partial charge in [0, 0.05) is 77.6 Å². The largest absolute Gasteiger partial charge is 0.457 e. The van der Waals surface area contributed by atoms with Gasteiger partial charge in [-0.05, 0) is 85.9 Å². The van der Waals surface area contributed by atoms with Crippen molar-refractivity contribution < 1.29 is 9.13 Å². The van der Waals surface area contributed by atoms with Crippen LogP contribution in [0.2, 0.25) is 5.02 Å². The topological polar surface area (TPSA) is 43.5 Å². The fourth-order valence-corrected chi connectivity index (χ4v) is 5.27. The van der Waals surface area contributed by atoms with Gasteiger partial charge in [-0.3, -0.25) is 4.72 Å². The summed E-state index contributed by atoms with van der Waals surface area (Å²) in [6, 6.07) is 18.7. The summed E-state index contributed by atoms with van der Waals surface area (Å²) in [6.07, 6.45) is 4.06. The molecule has 8 heteroatoms. The summed E-state index contributed by atoms with van der Waals surface area (Å²) in [5.74, 6) is 0.918. The number of anilines is 1. The van der Waals surface area contributed by atoms with Crippen LogP contribution in [0.25, 0.3) is 10.9 Å². The lowest BCUT2D eigenvalue weighted by atomic mass is 10.1. The molecule has 4 aromatic rings. The second kappa shape index (κ2) is 11.6. The molecule has 3 aromatic carbocycles. The highest BCUT2D eigenvalue weighted by molar-refractivity contribution is 7.97. The van der Waals surface area contributed by atoms with Crippen LogP contribution in [0.15, 0.2) is 71.8 Å². The molecule has 0 bridgehead atoms.